The van der Waals surface area contributed by atoms with Crippen molar-refractivity contribution in [3.05, 3.63) is 36.2 Å². The lowest BCUT2D eigenvalue weighted by molar-refractivity contribution is 0.0790. The van der Waals surface area contributed by atoms with E-state index in [1.807, 2.05) is 20.8 Å². The summed E-state index contributed by atoms with van der Waals surface area (Å²) in [7, 11) is 0. The van der Waals surface area contributed by atoms with Crippen LogP contribution < -0.4 is 11.1 Å². The number of fused-ring (bicyclic) bond motifs is 1. The van der Waals surface area contributed by atoms with Gasteiger partial charge < -0.3 is 21.1 Å². The number of likely N-dealkylation sites (tertiary alicyclic amines) is 1. The highest BCUT2D eigenvalue weighted by atomic mass is 16.3. The molecule has 1 amide bonds. The molecule has 1 fully saturated rings. The number of nitrogen functional groups attached to an aromatic ring is 1. The standard InChI is InChI=1S/C22H26N6O2/c1-22(2,3)27-21-25-12-16-18(26-21)15(11-24-19(16)23)13-6-7-14(17(29)10-13)20(30)28-8-4-5-9-28/h6-7,10-12,29H,4-5,8-9H2,1-3H3,(H2,23,24)(H,25,26,27). The quantitative estimate of drug-likeness (QED) is 0.610. The summed E-state index contributed by atoms with van der Waals surface area (Å²) >= 11 is 0. The van der Waals surface area contributed by atoms with Crippen molar-refractivity contribution < 1.29 is 9.90 Å². The van der Waals surface area contributed by atoms with Crippen molar-refractivity contribution in [3.63, 3.8) is 0 Å². The summed E-state index contributed by atoms with van der Waals surface area (Å²) in [4.78, 5) is 27.7. The molecule has 3 heterocycles. The third-order valence-electron chi connectivity index (χ3n) is 5.07. The van der Waals surface area contributed by atoms with Crippen molar-refractivity contribution in [2.24, 2.45) is 0 Å². The molecule has 0 aliphatic carbocycles. The molecule has 0 atom stereocenters. The van der Waals surface area contributed by atoms with E-state index in [1.54, 1.807) is 35.5 Å². The van der Waals surface area contributed by atoms with Gasteiger partial charge in [0.25, 0.3) is 5.91 Å². The van der Waals surface area contributed by atoms with Crippen LogP contribution in [0.3, 0.4) is 0 Å². The number of pyridine rings is 1. The van der Waals surface area contributed by atoms with Gasteiger partial charge >= 0.3 is 0 Å². The van der Waals surface area contributed by atoms with Crippen molar-refractivity contribution in [2.45, 2.75) is 39.2 Å². The summed E-state index contributed by atoms with van der Waals surface area (Å²) in [5.74, 6) is 0.611. The molecule has 0 saturated carbocycles. The molecule has 4 N–H and O–H groups in total. The Balaban J connectivity index is 1.76. The monoisotopic (exact) mass is 406 g/mol. The summed E-state index contributed by atoms with van der Waals surface area (Å²) in [5, 5.41) is 14.5. The number of anilines is 2. The molecule has 156 valence electrons. The first kappa shape index (κ1) is 19.9. The molecule has 3 aromatic rings. The fourth-order valence-electron chi connectivity index (χ4n) is 3.62. The molecule has 1 aromatic carbocycles. The number of aromatic hydroxyl groups is 1. The normalized spacial score (nSPS) is 14.3. The van der Waals surface area contributed by atoms with Gasteiger partial charge in [-0.15, -0.1) is 0 Å². The summed E-state index contributed by atoms with van der Waals surface area (Å²) in [6.07, 6.45) is 5.27. The second-order valence-corrected chi connectivity index (χ2v) is 8.62. The fourth-order valence-corrected chi connectivity index (χ4v) is 3.62. The Morgan fingerprint density at radius 1 is 1.17 bits per heavy atom. The first-order valence-corrected chi connectivity index (χ1v) is 10.0. The molecule has 1 saturated heterocycles. The van der Waals surface area contributed by atoms with E-state index in [-0.39, 0.29) is 17.2 Å². The third kappa shape index (κ3) is 3.85. The van der Waals surface area contributed by atoms with E-state index in [0.29, 0.717) is 39.4 Å². The Bertz CT molecular complexity index is 1120. The first-order valence-electron chi connectivity index (χ1n) is 10.0. The number of carbonyl (C=O) groups is 1. The highest BCUT2D eigenvalue weighted by Gasteiger charge is 2.23. The molecule has 0 radical (unpaired) electrons. The fraction of sp³-hybridized carbons (Fsp3) is 0.364. The van der Waals surface area contributed by atoms with Crippen LogP contribution in [0.5, 0.6) is 5.75 Å². The molecular formula is C22H26N6O2. The van der Waals surface area contributed by atoms with Gasteiger partial charge in [-0.3, -0.25) is 4.79 Å². The van der Waals surface area contributed by atoms with Crippen LogP contribution >= 0.6 is 0 Å². The van der Waals surface area contributed by atoms with Gasteiger partial charge in [-0.2, -0.15) is 0 Å². The van der Waals surface area contributed by atoms with Crippen LogP contribution in [0.2, 0.25) is 0 Å². The van der Waals surface area contributed by atoms with Crippen LogP contribution in [0, 0.1) is 0 Å². The molecule has 1 aliphatic rings. The third-order valence-corrected chi connectivity index (χ3v) is 5.07. The minimum absolute atomic E-state index is 0.0588. The van der Waals surface area contributed by atoms with Crippen LogP contribution in [0.1, 0.15) is 44.0 Å². The summed E-state index contributed by atoms with van der Waals surface area (Å²) in [6, 6.07) is 5.03. The lowest BCUT2D eigenvalue weighted by atomic mass is 10.0. The second-order valence-electron chi connectivity index (χ2n) is 8.62. The van der Waals surface area contributed by atoms with Gasteiger partial charge in [-0.25, -0.2) is 15.0 Å². The molecule has 8 heteroatoms. The van der Waals surface area contributed by atoms with Gasteiger partial charge in [0.15, 0.2) is 0 Å². The number of rotatable bonds is 3. The summed E-state index contributed by atoms with van der Waals surface area (Å²) in [6.45, 7) is 7.53. The van der Waals surface area contributed by atoms with Gasteiger partial charge in [0.1, 0.15) is 11.6 Å². The number of aromatic nitrogens is 3. The smallest absolute Gasteiger partial charge is 0.257 e. The van der Waals surface area contributed by atoms with Crippen LogP contribution in [0.4, 0.5) is 11.8 Å². The number of carbonyl (C=O) groups excluding carboxylic acids is 1. The van der Waals surface area contributed by atoms with Crippen LogP contribution in [-0.2, 0) is 0 Å². The Morgan fingerprint density at radius 2 is 1.90 bits per heavy atom. The Labute approximate surface area is 175 Å². The average Bonchev–Trinajstić information content (AvgIpc) is 3.21. The number of hydrogen-bond acceptors (Lipinski definition) is 7. The van der Waals surface area contributed by atoms with E-state index < -0.39 is 0 Å². The number of hydrogen-bond donors (Lipinski definition) is 3. The maximum absolute atomic E-state index is 12.7. The van der Waals surface area contributed by atoms with E-state index >= 15 is 0 Å². The zero-order chi connectivity index (χ0) is 21.5. The number of phenolic OH excluding ortho intramolecular Hbond substituents is 1. The molecule has 1 aliphatic heterocycles. The second kappa shape index (κ2) is 7.44. The molecule has 0 unspecified atom stereocenters. The van der Waals surface area contributed by atoms with Crippen LogP contribution in [-0.4, -0.2) is 49.5 Å². The van der Waals surface area contributed by atoms with E-state index in [4.69, 9.17) is 5.73 Å². The number of nitrogens with two attached hydrogens (primary N) is 1. The van der Waals surface area contributed by atoms with E-state index in [9.17, 15) is 9.90 Å². The SMILES string of the molecule is CC(C)(C)Nc1ncc2c(N)ncc(-c3ccc(C(=O)N4CCCC4)c(O)c3)c2n1. The predicted octanol–water partition coefficient (Wildman–Crippen LogP) is 3.43. The number of nitrogens with zero attached hydrogens (tertiary/aromatic N) is 4. The number of amides is 1. The number of nitrogens with one attached hydrogen (secondary N) is 1. The Hall–Kier alpha value is -3.42. The predicted molar refractivity (Wildman–Crippen MR) is 117 cm³/mol. The van der Waals surface area contributed by atoms with Gasteiger partial charge in [0.05, 0.1) is 16.5 Å². The zero-order valence-electron chi connectivity index (χ0n) is 17.4. The topological polar surface area (TPSA) is 117 Å². The van der Waals surface area contributed by atoms with Crippen LogP contribution in [0.15, 0.2) is 30.6 Å². The molecule has 4 rings (SSSR count). The van der Waals surface area contributed by atoms with Gasteiger partial charge in [0.2, 0.25) is 5.95 Å². The summed E-state index contributed by atoms with van der Waals surface area (Å²) in [5.41, 5.74) is 8.16. The largest absolute Gasteiger partial charge is 0.507 e. The molecular weight excluding hydrogens is 380 g/mol. The zero-order valence-corrected chi connectivity index (χ0v) is 17.4. The molecule has 0 spiro atoms. The van der Waals surface area contributed by atoms with Crippen molar-refractivity contribution >= 4 is 28.6 Å². The lowest BCUT2D eigenvalue weighted by Gasteiger charge is -2.20. The number of benzene rings is 1. The van der Waals surface area contributed by atoms with E-state index in [1.165, 1.54) is 0 Å². The number of phenols is 1. The Kier molecular flexibility index (Phi) is 4.93. The maximum Gasteiger partial charge on any atom is 0.257 e. The Morgan fingerprint density at radius 3 is 2.57 bits per heavy atom. The van der Waals surface area contributed by atoms with E-state index in [0.717, 1.165) is 25.9 Å². The minimum Gasteiger partial charge on any atom is -0.507 e. The lowest BCUT2D eigenvalue weighted by Crippen LogP contribution is -2.27. The van der Waals surface area contributed by atoms with Crippen LogP contribution in [0.25, 0.3) is 22.0 Å². The van der Waals surface area contributed by atoms with Crippen molar-refractivity contribution in [2.75, 3.05) is 24.1 Å². The minimum atomic E-state index is -0.206. The molecule has 8 nitrogen and oxygen atoms in total. The summed E-state index contributed by atoms with van der Waals surface area (Å²) < 4.78 is 0. The highest BCUT2D eigenvalue weighted by Crippen LogP contribution is 2.33. The molecule has 0 bridgehead atoms. The van der Waals surface area contributed by atoms with Gasteiger partial charge in [0, 0.05) is 36.6 Å². The molecule has 30 heavy (non-hydrogen) atoms. The first-order chi connectivity index (χ1) is 14.2. The molecule has 2 aromatic heterocycles. The maximum atomic E-state index is 12.7. The van der Waals surface area contributed by atoms with Gasteiger partial charge in [-0.05, 0) is 51.3 Å². The highest BCUT2D eigenvalue weighted by molar-refractivity contribution is 6.01. The van der Waals surface area contributed by atoms with Crippen molar-refractivity contribution in [3.8, 4) is 16.9 Å². The van der Waals surface area contributed by atoms with Crippen molar-refractivity contribution in [1.29, 1.82) is 0 Å². The van der Waals surface area contributed by atoms with Gasteiger partial charge in [-0.1, -0.05) is 6.07 Å². The van der Waals surface area contributed by atoms with Crippen molar-refractivity contribution in [1.82, 2.24) is 19.9 Å². The van der Waals surface area contributed by atoms with E-state index in [2.05, 4.69) is 20.3 Å². The average molecular weight is 406 g/mol.